The van der Waals surface area contributed by atoms with Crippen molar-refractivity contribution >= 4 is 17.4 Å². The number of ether oxygens (including phenoxy) is 1. The normalized spacial score (nSPS) is 18.6. The van der Waals surface area contributed by atoms with E-state index in [1.165, 1.54) is 0 Å². The van der Waals surface area contributed by atoms with Crippen molar-refractivity contribution in [1.29, 1.82) is 0 Å². The van der Waals surface area contributed by atoms with Gasteiger partial charge in [-0.1, -0.05) is 6.07 Å². The Bertz CT molecular complexity index is 1190. The average molecular weight is 476 g/mol. The number of hydrogen-bond acceptors (Lipinski definition) is 7. The van der Waals surface area contributed by atoms with Crippen LogP contribution in [0.1, 0.15) is 24.2 Å². The van der Waals surface area contributed by atoms with Crippen molar-refractivity contribution in [3.63, 3.8) is 0 Å². The minimum absolute atomic E-state index is 0.0146. The zero-order valence-corrected chi connectivity index (χ0v) is 20.7. The molecule has 0 spiro atoms. The molecule has 184 valence electrons. The monoisotopic (exact) mass is 475 g/mol. The van der Waals surface area contributed by atoms with E-state index in [0.29, 0.717) is 6.54 Å². The fourth-order valence-corrected chi connectivity index (χ4v) is 5.12. The lowest BCUT2D eigenvalue weighted by Gasteiger charge is -2.40. The van der Waals surface area contributed by atoms with E-state index in [2.05, 4.69) is 37.0 Å². The van der Waals surface area contributed by atoms with E-state index in [1.807, 2.05) is 47.7 Å². The first kappa shape index (κ1) is 23.1. The maximum Gasteiger partial charge on any atom is 0.227 e. The number of hydrogen-bond donors (Lipinski definition) is 0. The van der Waals surface area contributed by atoms with Crippen LogP contribution >= 0.6 is 0 Å². The van der Waals surface area contributed by atoms with E-state index in [1.54, 1.807) is 13.4 Å². The third-order valence-corrected chi connectivity index (χ3v) is 6.97. The molecule has 0 N–H and O–H groups in total. The summed E-state index contributed by atoms with van der Waals surface area (Å²) >= 11 is 0. The summed E-state index contributed by atoms with van der Waals surface area (Å²) in [6.07, 6.45) is 3.48. The van der Waals surface area contributed by atoms with Crippen LogP contribution in [0.25, 0.3) is 5.82 Å². The molecule has 4 heterocycles. The molecule has 2 aromatic heterocycles. The average Bonchev–Trinajstić information content (AvgIpc) is 3.26. The maximum atomic E-state index is 13.4. The third kappa shape index (κ3) is 4.94. The molecule has 5 rings (SSSR count). The SMILES string of the molecule is COc1cccc(N2CCN(C(=O)C3CCCN(c4cc(-n5nc(C)cc5C)ncn4)C3)CC2)c1. The van der Waals surface area contributed by atoms with Crippen LogP contribution in [0.2, 0.25) is 0 Å². The van der Waals surface area contributed by atoms with Crippen LogP contribution in [-0.2, 0) is 4.79 Å². The van der Waals surface area contributed by atoms with E-state index >= 15 is 0 Å². The van der Waals surface area contributed by atoms with Crippen molar-refractivity contribution in [3.05, 3.63) is 54.1 Å². The molecule has 1 unspecified atom stereocenters. The molecule has 2 aliphatic heterocycles. The smallest absolute Gasteiger partial charge is 0.227 e. The summed E-state index contributed by atoms with van der Waals surface area (Å²) in [7, 11) is 1.69. The van der Waals surface area contributed by atoms with Crippen molar-refractivity contribution in [2.75, 3.05) is 56.2 Å². The first-order valence-corrected chi connectivity index (χ1v) is 12.3. The molecule has 1 atom stereocenters. The number of rotatable bonds is 5. The number of aryl methyl sites for hydroxylation is 2. The fraction of sp³-hybridized carbons (Fsp3) is 0.462. The van der Waals surface area contributed by atoms with Crippen LogP contribution in [0.5, 0.6) is 5.75 Å². The van der Waals surface area contributed by atoms with Crippen molar-refractivity contribution in [1.82, 2.24) is 24.6 Å². The van der Waals surface area contributed by atoms with Crippen molar-refractivity contribution in [2.24, 2.45) is 5.92 Å². The third-order valence-electron chi connectivity index (χ3n) is 6.97. The number of amides is 1. The Morgan fingerprint density at radius 1 is 0.971 bits per heavy atom. The Morgan fingerprint density at radius 2 is 1.77 bits per heavy atom. The highest BCUT2D eigenvalue weighted by molar-refractivity contribution is 5.80. The van der Waals surface area contributed by atoms with Crippen molar-refractivity contribution < 1.29 is 9.53 Å². The number of carbonyl (C=O) groups is 1. The van der Waals surface area contributed by atoms with E-state index in [0.717, 1.165) is 80.0 Å². The summed E-state index contributed by atoms with van der Waals surface area (Å²) in [5.41, 5.74) is 3.13. The zero-order chi connectivity index (χ0) is 24.4. The Hall–Kier alpha value is -3.62. The van der Waals surface area contributed by atoms with Crippen LogP contribution in [0.3, 0.4) is 0 Å². The predicted octanol–water partition coefficient (Wildman–Crippen LogP) is 2.85. The van der Waals surface area contributed by atoms with Gasteiger partial charge in [-0.05, 0) is 44.9 Å². The molecule has 2 fully saturated rings. The maximum absolute atomic E-state index is 13.4. The van der Waals surface area contributed by atoms with Gasteiger partial charge in [0.2, 0.25) is 5.91 Å². The molecule has 0 bridgehead atoms. The van der Waals surface area contributed by atoms with Gasteiger partial charge < -0.3 is 19.4 Å². The number of piperidine rings is 1. The van der Waals surface area contributed by atoms with Crippen LogP contribution < -0.4 is 14.5 Å². The zero-order valence-electron chi connectivity index (χ0n) is 20.7. The summed E-state index contributed by atoms with van der Waals surface area (Å²) < 4.78 is 7.20. The van der Waals surface area contributed by atoms with Gasteiger partial charge in [-0.3, -0.25) is 4.79 Å². The number of anilines is 2. The molecule has 0 radical (unpaired) electrons. The topological polar surface area (TPSA) is 79.6 Å². The van der Waals surface area contributed by atoms with E-state index < -0.39 is 0 Å². The van der Waals surface area contributed by atoms with Gasteiger partial charge in [-0.15, -0.1) is 0 Å². The predicted molar refractivity (Wildman–Crippen MR) is 135 cm³/mol. The molecule has 9 nitrogen and oxygen atoms in total. The summed E-state index contributed by atoms with van der Waals surface area (Å²) in [6, 6.07) is 12.1. The Morgan fingerprint density at radius 3 is 2.51 bits per heavy atom. The van der Waals surface area contributed by atoms with Crippen LogP contribution in [0.4, 0.5) is 11.5 Å². The van der Waals surface area contributed by atoms with Gasteiger partial charge in [0.05, 0.1) is 18.7 Å². The minimum Gasteiger partial charge on any atom is -0.497 e. The van der Waals surface area contributed by atoms with E-state index in [-0.39, 0.29) is 11.8 Å². The standard InChI is InChI=1S/C26H33N7O2/c1-19-14-20(2)33(29-19)25-16-24(27-18-28-25)32-9-5-6-21(17-32)26(34)31-12-10-30(11-13-31)22-7-4-8-23(15-22)35-3/h4,7-8,14-16,18,21H,5-6,9-13,17H2,1-3H3. The molecular formula is C26H33N7O2. The second-order valence-electron chi connectivity index (χ2n) is 9.37. The lowest BCUT2D eigenvalue weighted by molar-refractivity contribution is -0.136. The molecule has 2 aliphatic rings. The summed E-state index contributed by atoms with van der Waals surface area (Å²) in [5.74, 6) is 2.70. The quantitative estimate of drug-likeness (QED) is 0.561. The Kier molecular flexibility index (Phi) is 6.57. The number of benzene rings is 1. The molecule has 0 saturated carbocycles. The van der Waals surface area contributed by atoms with Crippen LogP contribution in [0, 0.1) is 19.8 Å². The first-order valence-electron chi connectivity index (χ1n) is 12.3. The molecule has 2 saturated heterocycles. The van der Waals surface area contributed by atoms with E-state index in [9.17, 15) is 4.79 Å². The summed E-state index contributed by atoms with van der Waals surface area (Å²) in [4.78, 5) is 28.9. The van der Waals surface area contributed by atoms with Gasteiger partial charge in [0.25, 0.3) is 0 Å². The highest BCUT2D eigenvalue weighted by Crippen LogP contribution is 2.26. The number of methoxy groups -OCH3 is 1. The molecule has 1 amide bonds. The number of aromatic nitrogens is 4. The molecule has 9 heteroatoms. The molecule has 0 aliphatic carbocycles. The largest absolute Gasteiger partial charge is 0.497 e. The van der Waals surface area contributed by atoms with Crippen molar-refractivity contribution in [2.45, 2.75) is 26.7 Å². The highest BCUT2D eigenvalue weighted by Gasteiger charge is 2.31. The summed E-state index contributed by atoms with van der Waals surface area (Å²) in [6.45, 7) is 8.70. The molecule has 1 aromatic carbocycles. The van der Waals surface area contributed by atoms with Gasteiger partial charge in [-0.2, -0.15) is 5.10 Å². The molecule has 35 heavy (non-hydrogen) atoms. The molecule has 3 aromatic rings. The molecular weight excluding hydrogens is 442 g/mol. The number of carbonyl (C=O) groups excluding carboxylic acids is 1. The van der Waals surface area contributed by atoms with Gasteiger partial charge in [0, 0.05) is 62.8 Å². The lowest BCUT2D eigenvalue weighted by Crippen LogP contribution is -2.52. The fourth-order valence-electron chi connectivity index (χ4n) is 5.12. The van der Waals surface area contributed by atoms with Gasteiger partial charge in [0.1, 0.15) is 17.9 Å². The Balaban J connectivity index is 1.22. The Labute approximate surface area is 206 Å². The van der Waals surface area contributed by atoms with Crippen molar-refractivity contribution in [3.8, 4) is 11.6 Å². The minimum atomic E-state index is -0.0146. The summed E-state index contributed by atoms with van der Waals surface area (Å²) in [5, 5.41) is 4.54. The van der Waals surface area contributed by atoms with E-state index in [4.69, 9.17) is 4.74 Å². The second-order valence-corrected chi connectivity index (χ2v) is 9.37. The van der Waals surface area contributed by atoms with Crippen LogP contribution in [-0.4, -0.2) is 76.9 Å². The van der Waals surface area contributed by atoms with Gasteiger partial charge >= 0.3 is 0 Å². The number of nitrogens with zero attached hydrogens (tertiary/aromatic N) is 7. The van der Waals surface area contributed by atoms with Gasteiger partial charge in [-0.25, -0.2) is 14.6 Å². The van der Waals surface area contributed by atoms with Crippen LogP contribution in [0.15, 0.2) is 42.7 Å². The first-order chi connectivity index (χ1) is 17.0. The highest BCUT2D eigenvalue weighted by atomic mass is 16.5. The number of piperazine rings is 1. The van der Waals surface area contributed by atoms with Gasteiger partial charge in [0.15, 0.2) is 5.82 Å². The lowest BCUT2D eigenvalue weighted by atomic mass is 9.96. The second kappa shape index (κ2) is 9.93.